The lowest BCUT2D eigenvalue weighted by Gasteiger charge is -2.06. The normalized spacial score (nSPS) is 10.8. The lowest BCUT2D eigenvalue weighted by atomic mass is 10.2. The lowest BCUT2D eigenvalue weighted by Crippen LogP contribution is -1.97. The van der Waals surface area contributed by atoms with Crippen molar-refractivity contribution in [3.8, 4) is 5.69 Å². The minimum absolute atomic E-state index is 0.0887. The Balaban J connectivity index is 2.18. The molecule has 0 radical (unpaired) electrons. The zero-order chi connectivity index (χ0) is 13.4. The average Bonchev–Trinajstić information content (AvgIpc) is 2.74. The van der Waals surface area contributed by atoms with E-state index in [0.29, 0.717) is 0 Å². The van der Waals surface area contributed by atoms with Gasteiger partial charge in [0, 0.05) is 17.8 Å². The van der Waals surface area contributed by atoms with Crippen molar-refractivity contribution in [3.05, 3.63) is 64.5 Å². The zero-order valence-electron chi connectivity index (χ0n) is 10.3. The molecule has 0 saturated carbocycles. The third kappa shape index (κ3) is 1.85. The summed E-state index contributed by atoms with van der Waals surface area (Å²) in [7, 11) is 0. The first-order chi connectivity index (χ1) is 9.16. The molecule has 2 aromatic carbocycles. The van der Waals surface area contributed by atoms with Crippen LogP contribution in [0.15, 0.2) is 48.5 Å². The number of nitrogens with zero attached hydrogens (tertiary/aromatic N) is 3. The van der Waals surface area contributed by atoms with Crippen LogP contribution in [0.25, 0.3) is 16.7 Å². The molecular formula is C14H11N3O2. The van der Waals surface area contributed by atoms with Gasteiger partial charge < -0.3 is 0 Å². The van der Waals surface area contributed by atoms with Crippen molar-refractivity contribution < 1.29 is 4.92 Å². The van der Waals surface area contributed by atoms with Crippen LogP contribution in [0.2, 0.25) is 0 Å². The smallest absolute Gasteiger partial charge is 0.269 e. The molecule has 0 saturated heterocycles. The van der Waals surface area contributed by atoms with E-state index in [0.717, 1.165) is 22.5 Å². The summed E-state index contributed by atoms with van der Waals surface area (Å²) in [5.74, 6) is 0.857. The second kappa shape index (κ2) is 4.20. The van der Waals surface area contributed by atoms with Gasteiger partial charge in [0.25, 0.3) is 5.69 Å². The highest BCUT2D eigenvalue weighted by atomic mass is 16.6. The fourth-order valence-corrected chi connectivity index (χ4v) is 2.20. The Morgan fingerprint density at radius 2 is 1.79 bits per heavy atom. The molecule has 0 aliphatic carbocycles. The fourth-order valence-electron chi connectivity index (χ4n) is 2.20. The predicted molar refractivity (Wildman–Crippen MR) is 72.5 cm³/mol. The molecule has 0 bridgehead atoms. The summed E-state index contributed by atoms with van der Waals surface area (Å²) in [5, 5.41) is 10.7. The van der Waals surface area contributed by atoms with Crippen molar-refractivity contribution in [2.75, 3.05) is 0 Å². The molecule has 94 valence electrons. The Hall–Kier alpha value is -2.69. The van der Waals surface area contributed by atoms with E-state index in [1.165, 1.54) is 12.1 Å². The van der Waals surface area contributed by atoms with E-state index in [9.17, 15) is 10.1 Å². The molecule has 19 heavy (non-hydrogen) atoms. The molecule has 0 unspecified atom stereocenters. The number of fused-ring (bicyclic) bond motifs is 1. The van der Waals surface area contributed by atoms with Gasteiger partial charge in [-0.05, 0) is 31.2 Å². The number of nitro groups is 1. The molecule has 1 aromatic heterocycles. The van der Waals surface area contributed by atoms with Crippen molar-refractivity contribution in [2.45, 2.75) is 6.92 Å². The largest absolute Gasteiger partial charge is 0.297 e. The molecule has 1 heterocycles. The van der Waals surface area contributed by atoms with Crippen LogP contribution in [0.5, 0.6) is 0 Å². The van der Waals surface area contributed by atoms with Gasteiger partial charge in [0.1, 0.15) is 5.82 Å². The number of nitro benzene ring substituents is 1. The van der Waals surface area contributed by atoms with E-state index in [4.69, 9.17) is 0 Å². The van der Waals surface area contributed by atoms with Crippen LogP contribution in [-0.2, 0) is 0 Å². The second-order valence-corrected chi connectivity index (χ2v) is 4.26. The van der Waals surface area contributed by atoms with Crippen LogP contribution in [-0.4, -0.2) is 14.5 Å². The SMILES string of the molecule is Cc1nc2ccccc2n1-c1ccc([N+](=O)[O-])cc1. The fraction of sp³-hybridized carbons (Fsp3) is 0.0714. The molecule has 0 amide bonds. The van der Waals surface area contributed by atoms with Crippen LogP contribution in [0.4, 0.5) is 5.69 Å². The van der Waals surface area contributed by atoms with Gasteiger partial charge in [0.05, 0.1) is 16.0 Å². The van der Waals surface area contributed by atoms with Crippen molar-refractivity contribution in [2.24, 2.45) is 0 Å². The number of imidazole rings is 1. The maximum absolute atomic E-state index is 10.7. The summed E-state index contributed by atoms with van der Waals surface area (Å²) < 4.78 is 1.99. The lowest BCUT2D eigenvalue weighted by molar-refractivity contribution is -0.384. The summed E-state index contributed by atoms with van der Waals surface area (Å²) >= 11 is 0. The van der Waals surface area contributed by atoms with Gasteiger partial charge in [-0.2, -0.15) is 0 Å². The van der Waals surface area contributed by atoms with E-state index in [1.807, 2.05) is 35.8 Å². The van der Waals surface area contributed by atoms with Gasteiger partial charge in [-0.1, -0.05) is 12.1 Å². The number of para-hydroxylation sites is 2. The second-order valence-electron chi connectivity index (χ2n) is 4.26. The van der Waals surface area contributed by atoms with E-state index in [1.54, 1.807) is 12.1 Å². The standard InChI is InChI=1S/C14H11N3O2/c1-10-15-13-4-2-3-5-14(13)16(10)11-6-8-12(9-7-11)17(18)19/h2-9H,1H3. The highest BCUT2D eigenvalue weighted by molar-refractivity contribution is 5.78. The van der Waals surface area contributed by atoms with Crippen LogP contribution in [0.3, 0.4) is 0 Å². The van der Waals surface area contributed by atoms with Crippen molar-refractivity contribution in [3.63, 3.8) is 0 Å². The van der Waals surface area contributed by atoms with Gasteiger partial charge in [0.15, 0.2) is 0 Å². The van der Waals surface area contributed by atoms with Gasteiger partial charge in [-0.3, -0.25) is 14.7 Å². The Morgan fingerprint density at radius 3 is 2.47 bits per heavy atom. The quantitative estimate of drug-likeness (QED) is 0.520. The number of hydrogen-bond donors (Lipinski definition) is 0. The highest BCUT2D eigenvalue weighted by Crippen LogP contribution is 2.22. The van der Waals surface area contributed by atoms with Crippen molar-refractivity contribution in [1.82, 2.24) is 9.55 Å². The van der Waals surface area contributed by atoms with Crippen LogP contribution in [0.1, 0.15) is 5.82 Å². The first-order valence-corrected chi connectivity index (χ1v) is 5.86. The molecule has 0 atom stereocenters. The summed E-state index contributed by atoms with van der Waals surface area (Å²) in [5.41, 5.74) is 2.87. The number of non-ortho nitro benzene ring substituents is 1. The molecule has 0 aliphatic rings. The number of benzene rings is 2. The zero-order valence-corrected chi connectivity index (χ0v) is 10.3. The summed E-state index contributed by atoms with van der Waals surface area (Å²) in [4.78, 5) is 14.7. The van der Waals surface area contributed by atoms with Gasteiger partial charge >= 0.3 is 0 Å². The minimum Gasteiger partial charge on any atom is -0.297 e. The maximum atomic E-state index is 10.7. The number of rotatable bonds is 2. The Morgan fingerprint density at radius 1 is 1.11 bits per heavy atom. The molecule has 3 rings (SSSR count). The number of hydrogen-bond acceptors (Lipinski definition) is 3. The third-order valence-electron chi connectivity index (χ3n) is 3.05. The molecule has 5 nitrogen and oxygen atoms in total. The maximum Gasteiger partial charge on any atom is 0.269 e. The molecule has 5 heteroatoms. The first kappa shape index (κ1) is 11.4. The Bertz CT molecular complexity index is 760. The Labute approximate surface area is 109 Å². The van der Waals surface area contributed by atoms with E-state index in [2.05, 4.69) is 4.98 Å². The minimum atomic E-state index is -0.400. The molecule has 0 fully saturated rings. The number of aryl methyl sites for hydroxylation is 1. The average molecular weight is 253 g/mol. The van der Waals surface area contributed by atoms with Gasteiger partial charge in [-0.15, -0.1) is 0 Å². The highest BCUT2D eigenvalue weighted by Gasteiger charge is 2.10. The third-order valence-corrected chi connectivity index (χ3v) is 3.05. The monoisotopic (exact) mass is 253 g/mol. The van der Waals surface area contributed by atoms with Crippen LogP contribution in [0, 0.1) is 17.0 Å². The van der Waals surface area contributed by atoms with Gasteiger partial charge in [-0.25, -0.2) is 4.98 Å². The molecule has 3 aromatic rings. The van der Waals surface area contributed by atoms with Crippen LogP contribution < -0.4 is 0 Å². The molecule has 0 aliphatic heterocycles. The summed E-state index contributed by atoms with van der Waals surface area (Å²) in [6.45, 7) is 1.92. The molecular weight excluding hydrogens is 242 g/mol. The molecule has 0 spiro atoms. The first-order valence-electron chi connectivity index (χ1n) is 5.86. The van der Waals surface area contributed by atoms with Gasteiger partial charge in [0.2, 0.25) is 0 Å². The van der Waals surface area contributed by atoms with E-state index < -0.39 is 4.92 Å². The molecule has 0 N–H and O–H groups in total. The summed E-state index contributed by atoms with van der Waals surface area (Å²) in [6, 6.07) is 14.3. The summed E-state index contributed by atoms with van der Waals surface area (Å²) in [6.07, 6.45) is 0. The Kier molecular flexibility index (Phi) is 2.52. The van der Waals surface area contributed by atoms with Crippen LogP contribution >= 0.6 is 0 Å². The van der Waals surface area contributed by atoms with E-state index in [-0.39, 0.29) is 5.69 Å². The topological polar surface area (TPSA) is 61.0 Å². The van der Waals surface area contributed by atoms with Crippen molar-refractivity contribution in [1.29, 1.82) is 0 Å². The predicted octanol–water partition coefficient (Wildman–Crippen LogP) is 3.24. The number of aromatic nitrogens is 2. The van der Waals surface area contributed by atoms with Crippen molar-refractivity contribution >= 4 is 16.7 Å². The van der Waals surface area contributed by atoms with E-state index >= 15 is 0 Å².